The number of hydrogen-bond acceptors (Lipinski definition) is 4. The summed E-state index contributed by atoms with van der Waals surface area (Å²) < 4.78 is 4.97. The first-order valence-corrected chi connectivity index (χ1v) is 9.21. The van der Waals surface area contributed by atoms with Gasteiger partial charge in [-0.3, -0.25) is 14.4 Å². The summed E-state index contributed by atoms with van der Waals surface area (Å²) in [4.78, 5) is 40.2. The first-order chi connectivity index (χ1) is 14.1. The summed E-state index contributed by atoms with van der Waals surface area (Å²) in [5.41, 5.74) is 2.04. The molecule has 0 bridgehead atoms. The highest BCUT2D eigenvalue weighted by Gasteiger charge is 2.25. The van der Waals surface area contributed by atoms with E-state index in [9.17, 15) is 14.4 Å². The summed E-state index contributed by atoms with van der Waals surface area (Å²) in [5, 5.41) is 3.10. The van der Waals surface area contributed by atoms with E-state index >= 15 is 0 Å². The van der Waals surface area contributed by atoms with Gasteiger partial charge in [-0.1, -0.05) is 48.2 Å². The largest absolute Gasteiger partial charge is 0.466 e. The fourth-order valence-electron chi connectivity index (χ4n) is 2.93. The van der Waals surface area contributed by atoms with Crippen LogP contribution in [0.1, 0.15) is 28.5 Å². The SMILES string of the molecule is CCOC(=O)Cc1[nH]c2ccccc2c1C(=O)C(=O)NCC#Cc1ccccc1. The fourth-order valence-corrected chi connectivity index (χ4v) is 2.93. The van der Waals surface area contributed by atoms with Gasteiger partial charge in [-0.25, -0.2) is 0 Å². The minimum atomic E-state index is -0.776. The van der Waals surface area contributed by atoms with Crippen LogP contribution in [-0.2, 0) is 20.7 Å². The predicted molar refractivity (Wildman–Crippen MR) is 109 cm³/mol. The van der Waals surface area contributed by atoms with Crippen molar-refractivity contribution < 1.29 is 19.1 Å². The lowest BCUT2D eigenvalue weighted by Crippen LogP contribution is -2.32. The Labute approximate surface area is 168 Å². The van der Waals surface area contributed by atoms with E-state index in [1.54, 1.807) is 31.2 Å². The van der Waals surface area contributed by atoms with Gasteiger partial charge in [0.1, 0.15) is 0 Å². The number of nitrogens with one attached hydrogen (secondary N) is 2. The average molecular weight is 388 g/mol. The lowest BCUT2D eigenvalue weighted by molar-refractivity contribution is -0.142. The van der Waals surface area contributed by atoms with Crippen molar-refractivity contribution in [1.82, 2.24) is 10.3 Å². The van der Waals surface area contributed by atoms with Crippen LogP contribution >= 0.6 is 0 Å². The van der Waals surface area contributed by atoms with Gasteiger partial charge in [0.25, 0.3) is 11.7 Å². The van der Waals surface area contributed by atoms with Gasteiger partial charge in [-0.15, -0.1) is 0 Å². The van der Waals surface area contributed by atoms with Crippen LogP contribution in [0, 0.1) is 11.8 Å². The molecule has 0 aliphatic rings. The minimum absolute atomic E-state index is 0.0367. The number of carbonyl (C=O) groups is 3. The summed E-state index contributed by atoms with van der Waals surface area (Å²) >= 11 is 0. The van der Waals surface area contributed by atoms with Crippen LogP contribution in [0.25, 0.3) is 10.9 Å². The Morgan fingerprint density at radius 3 is 2.52 bits per heavy atom. The van der Waals surface area contributed by atoms with Crippen molar-refractivity contribution in [1.29, 1.82) is 0 Å². The lowest BCUT2D eigenvalue weighted by atomic mass is 10.0. The second-order valence-electron chi connectivity index (χ2n) is 6.19. The number of benzene rings is 2. The number of aromatic amines is 1. The highest BCUT2D eigenvalue weighted by atomic mass is 16.5. The number of amides is 1. The second-order valence-corrected chi connectivity index (χ2v) is 6.19. The van der Waals surface area contributed by atoms with E-state index in [-0.39, 0.29) is 25.1 Å². The Hall–Kier alpha value is -3.85. The van der Waals surface area contributed by atoms with Gasteiger partial charge in [-0.05, 0) is 25.1 Å². The highest BCUT2D eigenvalue weighted by Crippen LogP contribution is 2.23. The molecule has 0 aliphatic carbocycles. The number of aromatic nitrogens is 1. The number of rotatable bonds is 6. The van der Waals surface area contributed by atoms with Crippen molar-refractivity contribution in [3.8, 4) is 11.8 Å². The lowest BCUT2D eigenvalue weighted by Gasteiger charge is -2.04. The van der Waals surface area contributed by atoms with Crippen LogP contribution < -0.4 is 5.32 Å². The molecule has 0 saturated heterocycles. The van der Waals surface area contributed by atoms with Crippen LogP contribution in [0.4, 0.5) is 0 Å². The number of Topliss-reactive ketones (excluding diaryl/α,β-unsaturated/α-hetero) is 1. The number of ether oxygens (including phenoxy) is 1. The van der Waals surface area contributed by atoms with Crippen LogP contribution in [0.3, 0.4) is 0 Å². The molecule has 3 rings (SSSR count). The molecular weight excluding hydrogens is 368 g/mol. The Kier molecular flexibility index (Phi) is 6.43. The van der Waals surface area contributed by atoms with E-state index in [1.807, 2.05) is 30.3 Å². The summed E-state index contributed by atoms with van der Waals surface area (Å²) in [7, 11) is 0. The maximum absolute atomic E-state index is 12.8. The van der Waals surface area contributed by atoms with Gasteiger partial charge >= 0.3 is 5.97 Å². The van der Waals surface area contributed by atoms with Gasteiger partial charge in [0.15, 0.2) is 0 Å². The Morgan fingerprint density at radius 1 is 1.03 bits per heavy atom. The van der Waals surface area contributed by atoms with Gasteiger partial charge < -0.3 is 15.0 Å². The summed E-state index contributed by atoms with van der Waals surface area (Å²) in [6.07, 6.45) is -0.120. The topological polar surface area (TPSA) is 88.3 Å². The molecule has 1 amide bonds. The van der Waals surface area contributed by atoms with Gasteiger partial charge in [0.05, 0.1) is 25.1 Å². The standard InChI is InChI=1S/C23H20N2O4/c1-2-29-20(26)15-19-21(17-12-6-7-13-18(17)25-19)22(27)23(28)24-14-8-11-16-9-4-3-5-10-16/h3-7,9-10,12-13,25H,2,14-15H2,1H3,(H,24,28). The maximum atomic E-state index is 12.8. The molecule has 1 aromatic heterocycles. The summed E-state index contributed by atoms with van der Waals surface area (Å²) in [6.45, 7) is 1.98. The Bertz CT molecular complexity index is 1100. The van der Waals surface area contributed by atoms with E-state index in [4.69, 9.17) is 4.74 Å². The molecule has 146 valence electrons. The first kappa shape index (κ1) is 19.9. The molecule has 0 saturated carbocycles. The van der Waals surface area contributed by atoms with Crippen molar-refractivity contribution in [3.05, 3.63) is 71.4 Å². The number of para-hydroxylation sites is 1. The van der Waals surface area contributed by atoms with E-state index in [0.29, 0.717) is 16.6 Å². The molecule has 2 N–H and O–H groups in total. The van der Waals surface area contributed by atoms with Crippen LogP contribution in [0.5, 0.6) is 0 Å². The molecule has 0 aliphatic heterocycles. The Morgan fingerprint density at radius 2 is 1.76 bits per heavy atom. The van der Waals surface area contributed by atoms with Gasteiger partial charge in [0, 0.05) is 22.2 Å². The minimum Gasteiger partial charge on any atom is -0.466 e. The number of fused-ring (bicyclic) bond motifs is 1. The third-order valence-electron chi connectivity index (χ3n) is 4.19. The number of H-pyrrole nitrogens is 1. The third-order valence-corrected chi connectivity index (χ3v) is 4.19. The third kappa shape index (κ3) is 4.90. The highest BCUT2D eigenvalue weighted by molar-refractivity contribution is 6.45. The number of hydrogen-bond donors (Lipinski definition) is 2. The first-order valence-electron chi connectivity index (χ1n) is 9.21. The predicted octanol–water partition coefficient (Wildman–Crippen LogP) is 2.62. The Balaban J connectivity index is 1.77. The average Bonchev–Trinajstić information content (AvgIpc) is 3.09. The molecule has 0 fully saturated rings. The number of carbonyl (C=O) groups excluding carboxylic acids is 3. The quantitative estimate of drug-likeness (QED) is 0.294. The summed E-state index contributed by atoms with van der Waals surface area (Å²) in [6, 6.07) is 16.4. The molecular formula is C23H20N2O4. The molecule has 1 heterocycles. The van der Waals surface area contributed by atoms with Crippen LogP contribution in [-0.4, -0.2) is 35.8 Å². The normalized spacial score (nSPS) is 10.1. The van der Waals surface area contributed by atoms with E-state index in [0.717, 1.165) is 5.56 Å². The van der Waals surface area contributed by atoms with Gasteiger partial charge in [-0.2, -0.15) is 0 Å². The van der Waals surface area contributed by atoms with Crippen molar-refractivity contribution in [2.45, 2.75) is 13.3 Å². The van der Waals surface area contributed by atoms with Crippen molar-refractivity contribution in [2.24, 2.45) is 0 Å². The zero-order chi connectivity index (χ0) is 20.6. The molecule has 29 heavy (non-hydrogen) atoms. The zero-order valence-electron chi connectivity index (χ0n) is 16.0. The van der Waals surface area contributed by atoms with Crippen molar-refractivity contribution >= 4 is 28.6 Å². The monoisotopic (exact) mass is 388 g/mol. The van der Waals surface area contributed by atoms with E-state index in [1.165, 1.54) is 0 Å². The second kappa shape index (κ2) is 9.38. The molecule has 0 spiro atoms. The fraction of sp³-hybridized carbons (Fsp3) is 0.174. The summed E-state index contributed by atoms with van der Waals surface area (Å²) in [5.74, 6) is 3.76. The molecule has 0 unspecified atom stereocenters. The molecule has 2 aromatic carbocycles. The molecule has 0 radical (unpaired) electrons. The van der Waals surface area contributed by atoms with Crippen molar-refractivity contribution in [2.75, 3.05) is 13.2 Å². The molecule has 3 aromatic rings. The van der Waals surface area contributed by atoms with E-state index in [2.05, 4.69) is 22.1 Å². The maximum Gasteiger partial charge on any atom is 0.311 e. The smallest absolute Gasteiger partial charge is 0.311 e. The molecule has 6 heteroatoms. The van der Waals surface area contributed by atoms with E-state index < -0.39 is 17.7 Å². The van der Waals surface area contributed by atoms with Gasteiger partial charge in [0.2, 0.25) is 0 Å². The van der Waals surface area contributed by atoms with Crippen molar-refractivity contribution in [3.63, 3.8) is 0 Å². The zero-order valence-corrected chi connectivity index (χ0v) is 16.0. The van der Waals surface area contributed by atoms with Crippen LogP contribution in [0.15, 0.2) is 54.6 Å². The van der Waals surface area contributed by atoms with Crippen LogP contribution in [0.2, 0.25) is 0 Å². The number of esters is 1. The number of ketones is 1. The molecule has 6 nitrogen and oxygen atoms in total. The molecule has 0 atom stereocenters.